The first-order chi connectivity index (χ1) is 9.65. The Hall–Kier alpha value is -1.55. The minimum absolute atomic E-state index is 0.108. The number of hydrogen-bond donors (Lipinski definition) is 3. The highest BCUT2D eigenvalue weighted by molar-refractivity contribution is 5.76. The molecule has 2 unspecified atom stereocenters. The molecule has 1 aliphatic rings. The molecule has 1 aromatic rings. The summed E-state index contributed by atoms with van der Waals surface area (Å²) in [4.78, 5) is 12.0. The maximum atomic E-state index is 12.0. The summed E-state index contributed by atoms with van der Waals surface area (Å²) >= 11 is 0. The third-order valence-electron chi connectivity index (χ3n) is 4.07. The number of piperidine rings is 1. The van der Waals surface area contributed by atoms with E-state index in [1.165, 1.54) is 12.8 Å². The van der Waals surface area contributed by atoms with Gasteiger partial charge in [-0.15, -0.1) is 0 Å². The standard InChI is InChI=1S/C16H24N2O2/c1-12(14-3-2-8-17-11-14)9-16(20)18-10-13-4-6-15(19)7-5-13/h4-7,12,14,17,19H,2-3,8-11H2,1H3,(H,18,20). The summed E-state index contributed by atoms with van der Waals surface area (Å²) < 4.78 is 0. The Labute approximate surface area is 120 Å². The van der Waals surface area contributed by atoms with Crippen LogP contribution in [0.5, 0.6) is 5.75 Å². The van der Waals surface area contributed by atoms with Crippen LogP contribution < -0.4 is 10.6 Å². The predicted molar refractivity (Wildman–Crippen MR) is 79.3 cm³/mol. The number of nitrogens with one attached hydrogen (secondary N) is 2. The van der Waals surface area contributed by atoms with Gasteiger partial charge in [0, 0.05) is 13.0 Å². The van der Waals surface area contributed by atoms with Gasteiger partial charge in [0.1, 0.15) is 5.75 Å². The number of phenolic OH excluding ortho intramolecular Hbond substituents is 1. The van der Waals surface area contributed by atoms with Crippen molar-refractivity contribution in [1.82, 2.24) is 10.6 Å². The highest BCUT2D eigenvalue weighted by Crippen LogP contribution is 2.22. The SMILES string of the molecule is CC(CC(=O)NCc1ccc(O)cc1)C1CCCNC1. The zero-order valence-corrected chi connectivity index (χ0v) is 12.1. The number of phenols is 1. The maximum Gasteiger partial charge on any atom is 0.220 e. The first-order valence-corrected chi connectivity index (χ1v) is 7.40. The van der Waals surface area contributed by atoms with E-state index >= 15 is 0 Å². The van der Waals surface area contributed by atoms with Gasteiger partial charge in [0.15, 0.2) is 0 Å². The highest BCUT2D eigenvalue weighted by Gasteiger charge is 2.21. The van der Waals surface area contributed by atoms with Crippen molar-refractivity contribution in [3.8, 4) is 5.75 Å². The molecule has 1 aromatic carbocycles. The second kappa shape index (κ2) is 7.29. The molecule has 0 radical (unpaired) electrons. The second-order valence-electron chi connectivity index (χ2n) is 5.73. The van der Waals surface area contributed by atoms with E-state index in [0.717, 1.165) is 18.7 Å². The van der Waals surface area contributed by atoms with Crippen LogP contribution >= 0.6 is 0 Å². The van der Waals surface area contributed by atoms with Crippen molar-refractivity contribution in [3.63, 3.8) is 0 Å². The molecule has 0 bridgehead atoms. The lowest BCUT2D eigenvalue weighted by molar-refractivity contribution is -0.122. The lowest BCUT2D eigenvalue weighted by atomic mass is 9.85. The van der Waals surface area contributed by atoms with E-state index in [9.17, 15) is 9.90 Å². The minimum Gasteiger partial charge on any atom is -0.508 e. The molecular weight excluding hydrogens is 252 g/mol. The van der Waals surface area contributed by atoms with Crippen molar-refractivity contribution in [2.24, 2.45) is 11.8 Å². The van der Waals surface area contributed by atoms with Gasteiger partial charge < -0.3 is 15.7 Å². The topological polar surface area (TPSA) is 61.4 Å². The van der Waals surface area contributed by atoms with Gasteiger partial charge in [0.2, 0.25) is 5.91 Å². The Kier molecular flexibility index (Phi) is 5.41. The Bertz CT molecular complexity index is 425. The average Bonchev–Trinajstić information content (AvgIpc) is 2.47. The molecule has 0 spiro atoms. The van der Waals surface area contributed by atoms with Crippen LogP contribution in [0.15, 0.2) is 24.3 Å². The van der Waals surface area contributed by atoms with Crippen LogP contribution in [-0.2, 0) is 11.3 Å². The van der Waals surface area contributed by atoms with Gasteiger partial charge in [-0.25, -0.2) is 0 Å². The summed E-state index contributed by atoms with van der Waals surface area (Å²) in [6.07, 6.45) is 3.02. The molecule has 1 heterocycles. The van der Waals surface area contributed by atoms with Gasteiger partial charge in [0.25, 0.3) is 0 Å². The lowest BCUT2D eigenvalue weighted by Crippen LogP contribution is -2.35. The minimum atomic E-state index is 0.108. The van der Waals surface area contributed by atoms with Crippen molar-refractivity contribution < 1.29 is 9.90 Å². The molecule has 0 saturated carbocycles. The molecule has 4 heteroatoms. The fraction of sp³-hybridized carbons (Fsp3) is 0.562. The normalized spacial score (nSPS) is 20.4. The quantitative estimate of drug-likeness (QED) is 0.771. The van der Waals surface area contributed by atoms with Crippen LogP contribution in [0.4, 0.5) is 0 Å². The van der Waals surface area contributed by atoms with Crippen molar-refractivity contribution in [2.45, 2.75) is 32.7 Å². The lowest BCUT2D eigenvalue weighted by Gasteiger charge is -2.28. The molecule has 1 amide bonds. The van der Waals surface area contributed by atoms with Gasteiger partial charge >= 0.3 is 0 Å². The van der Waals surface area contributed by atoms with E-state index in [1.54, 1.807) is 12.1 Å². The van der Waals surface area contributed by atoms with E-state index in [2.05, 4.69) is 17.6 Å². The molecule has 0 aromatic heterocycles. The molecule has 4 nitrogen and oxygen atoms in total. The molecule has 2 rings (SSSR count). The number of hydrogen-bond acceptors (Lipinski definition) is 3. The van der Waals surface area contributed by atoms with E-state index in [-0.39, 0.29) is 11.7 Å². The van der Waals surface area contributed by atoms with Gasteiger partial charge in [0.05, 0.1) is 0 Å². The number of benzene rings is 1. The number of amides is 1. The van der Waals surface area contributed by atoms with E-state index < -0.39 is 0 Å². The van der Waals surface area contributed by atoms with E-state index in [0.29, 0.717) is 24.8 Å². The Morgan fingerprint density at radius 1 is 1.45 bits per heavy atom. The Morgan fingerprint density at radius 3 is 2.85 bits per heavy atom. The van der Waals surface area contributed by atoms with Crippen molar-refractivity contribution in [1.29, 1.82) is 0 Å². The predicted octanol–water partition coefficient (Wildman–Crippen LogP) is 2.03. The molecule has 1 fully saturated rings. The van der Waals surface area contributed by atoms with Crippen LogP contribution in [-0.4, -0.2) is 24.1 Å². The third-order valence-corrected chi connectivity index (χ3v) is 4.07. The number of carbonyl (C=O) groups excluding carboxylic acids is 1. The number of aromatic hydroxyl groups is 1. The first kappa shape index (κ1) is 14.9. The largest absolute Gasteiger partial charge is 0.508 e. The van der Waals surface area contributed by atoms with Crippen molar-refractivity contribution in [2.75, 3.05) is 13.1 Å². The summed E-state index contributed by atoms with van der Waals surface area (Å²) in [5, 5.41) is 15.5. The summed E-state index contributed by atoms with van der Waals surface area (Å²) in [5.74, 6) is 1.39. The second-order valence-corrected chi connectivity index (χ2v) is 5.73. The maximum absolute atomic E-state index is 12.0. The molecule has 0 aliphatic carbocycles. The Balaban J connectivity index is 1.73. The average molecular weight is 276 g/mol. The highest BCUT2D eigenvalue weighted by atomic mass is 16.3. The van der Waals surface area contributed by atoms with E-state index in [4.69, 9.17) is 0 Å². The summed E-state index contributed by atoms with van der Waals surface area (Å²) in [6.45, 7) is 4.83. The molecule has 20 heavy (non-hydrogen) atoms. The van der Waals surface area contributed by atoms with Crippen LogP contribution in [0.3, 0.4) is 0 Å². The summed E-state index contributed by atoms with van der Waals surface area (Å²) in [5.41, 5.74) is 1.00. The smallest absolute Gasteiger partial charge is 0.220 e. The molecular formula is C16H24N2O2. The van der Waals surface area contributed by atoms with Gasteiger partial charge in [-0.1, -0.05) is 19.1 Å². The fourth-order valence-corrected chi connectivity index (χ4v) is 2.71. The molecule has 1 saturated heterocycles. The molecule has 1 aliphatic heterocycles. The van der Waals surface area contributed by atoms with Crippen LogP contribution in [0, 0.1) is 11.8 Å². The van der Waals surface area contributed by atoms with Gasteiger partial charge in [-0.3, -0.25) is 4.79 Å². The number of rotatable bonds is 5. The first-order valence-electron chi connectivity index (χ1n) is 7.40. The van der Waals surface area contributed by atoms with Crippen LogP contribution in [0.2, 0.25) is 0 Å². The fourth-order valence-electron chi connectivity index (χ4n) is 2.71. The summed E-state index contributed by atoms with van der Waals surface area (Å²) in [7, 11) is 0. The van der Waals surface area contributed by atoms with Crippen LogP contribution in [0.25, 0.3) is 0 Å². The van der Waals surface area contributed by atoms with Gasteiger partial charge in [-0.2, -0.15) is 0 Å². The van der Waals surface area contributed by atoms with Crippen molar-refractivity contribution in [3.05, 3.63) is 29.8 Å². The summed E-state index contributed by atoms with van der Waals surface area (Å²) in [6, 6.07) is 6.92. The zero-order chi connectivity index (χ0) is 14.4. The van der Waals surface area contributed by atoms with Gasteiger partial charge in [-0.05, 0) is 55.5 Å². The zero-order valence-electron chi connectivity index (χ0n) is 12.1. The van der Waals surface area contributed by atoms with E-state index in [1.807, 2.05) is 12.1 Å². The molecule has 3 N–H and O–H groups in total. The Morgan fingerprint density at radius 2 is 2.20 bits per heavy atom. The molecule has 110 valence electrons. The van der Waals surface area contributed by atoms with Crippen molar-refractivity contribution >= 4 is 5.91 Å². The number of carbonyl (C=O) groups is 1. The molecule has 2 atom stereocenters. The monoisotopic (exact) mass is 276 g/mol. The third kappa shape index (κ3) is 4.53. The van der Waals surface area contributed by atoms with Crippen LogP contribution in [0.1, 0.15) is 31.7 Å².